The van der Waals surface area contributed by atoms with Crippen LogP contribution in [0, 0.1) is 12.7 Å². The van der Waals surface area contributed by atoms with E-state index < -0.39 is 5.97 Å². The highest BCUT2D eigenvalue weighted by atomic mass is 19.1. The average molecular weight is 429 g/mol. The molecule has 1 aliphatic rings. The number of hydrogen-bond acceptors (Lipinski definition) is 3. The van der Waals surface area contributed by atoms with Crippen molar-refractivity contribution in [2.45, 2.75) is 38.8 Å². The minimum absolute atomic E-state index is 0.140. The van der Waals surface area contributed by atoms with Crippen LogP contribution in [0.3, 0.4) is 0 Å². The first-order valence-corrected chi connectivity index (χ1v) is 10.8. The van der Waals surface area contributed by atoms with E-state index in [4.69, 9.17) is 4.98 Å². The van der Waals surface area contributed by atoms with Gasteiger partial charge in [-0.15, -0.1) is 0 Å². The molecular weight excluding hydrogens is 405 g/mol. The van der Waals surface area contributed by atoms with E-state index in [1.807, 2.05) is 37.3 Å². The second-order valence-corrected chi connectivity index (χ2v) is 8.34. The number of aromatic nitrogens is 2. The van der Waals surface area contributed by atoms with Crippen molar-refractivity contribution in [3.8, 4) is 0 Å². The summed E-state index contributed by atoms with van der Waals surface area (Å²) in [7, 11) is 0. The third kappa shape index (κ3) is 3.73. The standard InChI is InChI=1S/C26H24FN3O2/c1-16-26(21-14-19(27)9-12-23(21)30(16)15-25(31)32)18-6-10-20(11-7-18)28-24-13-8-17-4-2-3-5-22(17)29-24/h2-6,8-9,12-14,20H,7,10-11,15H2,1H3,(H,28,29)(H,31,32). The Morgan fingerprint density at radius 2 is 2.06 bits per heavy atom. The quantitative estimate of drug-likeness (QED) is 0.423. The Bertz CT molecular complexity index is 1370. The maximum Gasteiger partial charge on any atom is 0.323 e. The van der Waals surface area contributed by atoms with Gasteiger partial charge in [0.1, 0.15) is 18.2 Å². The molecule has 1 unspecified atom stereocenters. The maximum atomic E-state index is 14.0. The van der Waals surface area contributed by atoms with E-state index in [2.05, 4.69) is 17.5 Å². The van der Waals surface area contributed by atoms with E-state index in [0.717, 1.165) is 63.7 Å². The third-order valence-electron chi connectivity index (χ3n) is 6.26. The van der Waals surface area contributed by atoms with Crippen molar-refractivity contribution in [2.75, 3.05) is 5.32 Å². The molecule has 2 N–H and O–H groups in total. The van der Waals surface area contributed by atoms with Crippen molar-refractivity contribution in [1.29, 1.82) is 0 Å². The van der Waals surface area contributed by atoms with Gasteiger partial charge in [-0.25, -0.2) is 9.37 Å². The number of para-hydroxylation sites is 1. The summed E-state index contributed by atoms with van der Waals surface area (Å²) in [5.74, 6) is -0.364. The lowest BCUT2D eigenvalue weighted by Gasteiger charge is -2.24. The third-order valence-corrected chi connectivity index (χ3v) is 6.26. The highest BCUT2D eigenvalue weighted by molar-refractivity contribution is 5.95. The number of benzene rings is 2. The van der Waals surface area contributed by atoms with Crippen LogP contribution in [-0.2, 0) is 11.3 Å². The molecule has 32 heavy (non-hydrogen) atoms. The number of pyridine rings is 1. The smallest absolute Gasteiger partial charge is 0.323 e. The number of halogens is 1. The Balaban J connectivity index is 1.42. The van der Waals surface area contributed by atoms with Crippen molar-refractivity contribution in [1.82, 2.24) is 9.55 Å². The Hall–Kier alpha value is -3.67. The van der Waals surface area contributed by atoms with Crippen LogP contribution in [0.15, 0.2) is 60.7 Å². The Kier molecular flexibility index (Phi) is 5.13. The van der Waals surface area contributed by atoms with E-state index >= 15 is 0 Å². The van der Waals surface area contributed by atoms with Crippen LogP contribution in [0.25, 0.3) is 27.4 Å². The summed E-state index contributed by atoms with van der Waals surface area (Å²) in [6, 6.07) is 17.0. The molecule has 6 heteroatoms. The number of carbonyl (C=O) groups is 1. The first-order valence-electron chi connectivity index (χ1n) is 10.8. The zero-order valence-electron chi connectivity index (χ0n) is 17.8. The molecule has 2 heterocycles. The normalized spacial score (nSPS) is 16.3. The number of fused-ring (bicyclic) bond motifs is 2. The molecule has 1 aliphatic carbocycles. The minimum Gasteiger partial charge on any atom is -0.480 e. The van der Waals surface area contributed by atoms with Gasteiger partial charge >= 0.3 is 5.97 Å². The molecule has 5 nitrogen and oxygen atoms in total. The predicted molar refractivity (Wildman–Crippen MR) is 125 cm³/mol. The van der Waals surface area contributed by atoms with Crippen LogP contribution in [0.1, 0.15) is 30.5 Å². The number of carboxylic acids is 1. The molecule has 4 aromatic rings. The number of nitrogens with zero attached hydrogens (tertiary/aromatic N) is 2. The minimum atomic E-state index is -0.911. The first kappa shape index (κ1) is 20.2. The topological polar surface area (TPSA) is 67.2 Å². The SMILES string of the molecule is Cc1c(C2=CCC(Nc3ccc4ccccc4n3)CC2)c2cc(F)ccc2n1CC(=O)O. The van der Waals surface area contributed by atoms with E-state index in [-0.39, 0.29) is 18.4 Å². The molecule has 0 bridgehead atoms. The zero-order valence-corrected chi connectivity index (χ0v) is 17.8. The van der Waals surface area contributed by atoms with E-state index in [0.29, 0.717) is 0 Å². The summed E-state index contributed by atoms with van der Waals surface area (Å²) in [5.41, 5.74) is 4.69. The van der Waals surface area contributed by atoms with E-state index in [9.17, 15) is 14.3 Å². The number of aliphatic carboxylic acids is 1. The second-order valence-electron chi connectivity index (χ2n) is 8.34. The molecular formula is C26H24FN3O2. The summed E-state index contributed by atoms with van der Waals surface area (Å²) in [4.78, 5) is 16.1. The van der Waals surface area contributed by atoms with Gasteiger partial charge in [-0.1, -0.05) is 24.3 Å². The highest BCUT2D eigenvalue weighted by Gasteiger charge is 2.22. The molecule has 0 spiro atoms. The molecule has 5 rings (SSSR count). The fourth-order valence-electron chi connectivity index (χ4n) is 4.75. The van der Waals surface area contributed by atoms with Gasteiger partial charge in [0, 0.05) is 33.6 Å². The van der Waals surface area contributed by atoms with Crippen LogP contribution in [0.2, 0.25) is 0 Å². The van der Waals surface area contributed by atoms with Crippen LogP contribution >= 0.6 is 0 Å². The Morgan fingerprint density at radius 3 is 2.84 bits per heavy atom. The fourth-order valence-corrected chi connectivity index (χ4v) is 4.75. The van der Waals surface area contributed by atoms with E-state index in [1.54, 1.807) is 10.6 Å². The van der Waals surface area contributed by atoms with Crippen molar-refractivity contribution < 1.29 is 14.3 Å². The van der Waals surface area contributed by atoms with Crippen molar-refractivity contribution >= 4 is 39.2 Å². The molecule has 2 aromatic heterocycles. The summed E-state index contributed by atoms with van der Waals surface area (Å²) < 4.78 is 15.8. The van der Waals surface area contributed by atoms with E-state index in [1.165, 1.54) is 12.1 Å². The first-order chi connectivity index (χ1) is 15.5. The van der Waals surface area contributed by atoms with Gasteiger partial charge in [-0.3, -0.25) is 4.79 Å². The lowest BCUT2D eigenvalue weighted by Crippen LogP contribution is -2.22. The molecule has 0 saturated carbocycles. The molecule has 0 aliphatic heterocycles. The number of rotatable bonds is 5. The summed E-state index contributed by atoms with van der Waals surface area (Å²) in [5, 5.41) is 14.8. The summed E-state index contributed by atoms with van der Waals surface area (Å²) in [6.07, 6.45) is 4.76. The number of anilines is 1. The van der Waals surface area contributed by atoms with Gasteiger partial charge in [0.15, 0.2) is 0 Å². The van der Waals surface area contributed by atoms with Gasteiger partial charge < -0.3 is 15.0 Å². The molecule has 2 aromatic carbocycles. The van der Waals surface area contributed by atoms with Crippen molar-refractivity contribution in [3.05, 3.63) is 77.7 Å². The van der Waals surface area contributed by atoms with Gasteiger partial charge in [0.05, 0.1) is 5.52 Å². The molecule has 0 radical (unpaired) electrons. The fraction of sp³-hybridized carbons (Fsp3) is 0.231. The number of nitrogens with one attached hydrogen (secondary N) is 1. The van der Waals surface area contributed by atoms with Gasteiger partial charge in [0.2, 0.25) is 0 Å². The molecule has 0 saturated heterocycles. The number of carboxylic acid groups (broad SMARTS) is 1. The summed E-state index contributed by atoms with van der Waals surface area (Å²) in [6.45, 7) is 1.78. The Labute approximate surface area is 185 Å². The predicted octanol–water partition coefficient (Wildman–Crippen LogP) is 5.77. The van der Waals surface area contributed by atoms with Gasteiger partial charge in [0.25, 0.3) is 0 Å². The van der Waals surface area contributed by atoms with Gasteiger partial charge in [-0.05, 0) is 68.2 Å². The molecule has 162 valence electrons. The monoisotopic (exact) mass is 429 g/mol. The molecule has 0 amide bonds. The maximum absolute atomic E-state index is 14.0. The lowest BCUT2D eigenvalue weighted by molar-refractivity contribution is -0.137. The molecule has 0 fully saturated rings. The largest absolute Gasteiger partial charge is 0.480 e. The van der Waals surface area contributed by atoms with Crippen molar-refractivity contribution in [3.63, 3.8) is 0 Å². The average Bonchev–Trinajstić information content (AvgIpc) is 3.04. The second kappa shape index (κ2) is 8.11. The van der Waals surface area contributed by atoms with Crippen LogP contribution in [0.4, 0.5) is 10.2 Å². The zero-order chi connectivity index (χ0) is 22.2. The van der Waals surface area contributed by atoms with Crippen LogP contribution in [0.5, 0.6) is 0 Å². The Morgan fingerprint density at radius 1 is 1.22 bits per heavy atom. The molecule has 1 atom stereocenters. The number of allylic oxidation sites excluding steroid dienone is 1. The van der Waals surface area contributed by atoms with Crippen molar-refractivity contribution in [2.24, 2.45) is 0 Å². The highest BCUT2D eigenvalue weighted by Crippen LogP contribution is 2.37. The lowest BCUT2D eigenvalue weighted by atomic mass is 9.89. The summed E-state index contributed by atoms with van der Waals surface area (Å²) >= 11 is 0. The van der Waals surface area contributed by atoms with Gasteiger partial charge in [-0.2, -0.15) is 0 Å². The van der Waals surface area contributed by atoms with Crippen LogP contribution in [-0.4, -0.2) is 26.7 Å². The van der Waals surface area contributed by atoms with Crippen LogP contribution < -0.4 is 5.32 Å². The number of hydrogen-bond donors (Lipinski definition) is 2.